The molecule has 2 aliphatic heterocycles. The van der Waals surface area contributed by atoms with Crippen molar-refractivity contribution < 1.29 is 4.79 Å². The van der Waals surface area contributed by atoms with Crippen LogP contribution in [-0.2, 0) is 0 Å². The molecule has 0 N–H and O–H groups in total. The summed E-state index contributed by atoms with van der Waals surface area (Å²) in [7, 11) is 0. The van der Waals surface area contributed by atoms with E-state index < -0.39 is 0 Å². The number of anilines is 1. The predicted molar refractivity (Wildman–Crippen MR) is 75.6 cm³/mol. The van der Waals surface area contributed by atoms with E-state index in [0.717, 1.165) is 25.2 Å². The lowest BCUT2D eigenvalue weighted by molar-refractivity contribution is 0.111. The van der Waals surface area contributed by atoms with Gasteiger partial charge >= 0.3 is 0 Å². The monoisotopic (exact) mass is 259 g/mol. The van der Waals surface area contributed by atoms with Gasteiger partial charge in [0, 0.05) is 31.4 Å². The molecule has 4 heteroatoms. The van der Waals surface area contributed by atoms with Crippen LogP contribution >= 0.6 is 0 Å². The molecule has 3 rings (SSSR count). The lowest BCUT2D eigenvalue weighted by atomic mass is 9.97. The lowest BCUT2D eigenvalue weighted by Crippen LogP contribution is -2.59. The molecular formula is C15H21N3O. The summed E-state index contributed by atoms with van der Waals surface area (Å²) in [5.74, 6) is 0.857. The quantitative estimate of drug-likeness (QED) is 0.761. The summed E-state index contributed by atoms with van der Waals surface area (Å²) >= 11 is 0. The minimum Gasteiger partial charge on any atom is -0.350 e. The lowest BCUT2D eigenvalue weighted by Gasteiger charge is -2.48. The molecule has 0 radical (unpaired) electrons. The van der Waals surface area contributed by atoms with E-state index in [1.54, 1.807) is 6.20 Å². The molecule has 0 amide bonds. The Balaban J connectivity index is 1.85. The van der Waals surface area contributed by atoms with Crippen molar-refractivity contribution in [3.63, 3.8) is 0 Å². The van der Waals surface area contributed by atoms with Crippen molar-refractivity contribution in [3.8, 4) is 0 Å². The highest BCUT2D eigenvalue weighted by atomic mass is 16.1. The SMILES string of the molecule is CC1CN2CCCCC2CN1c1ncccc1C=O. The van der Waals surface area contributed by atoms with Gasteiger partial charge in [-0.3, -0.25) is 9.69 Å². The van der Waals surface area contributed by atoms with Crippen LogP contribution in [0.5, 0.6) is 0 Å². The fourth-order valence-electron chi connectivity index (χ4n) is 3.39. The number of carbonyl (C=O) groups excluding carboxylic acids is 1. The number of pyridine rings is 1. The highest BCUT2D eigenvalue weighted by molar-refractivity contribution is 5.82. The van der Waals surface area contributed by atoms with Crippen LogP contribution in [0.4, 0.5) is 5.82 Å². The highest BCUT2D eigenvalue weighted by Gasteiger charge is 2.34. The second-order valence-corrected chi connectivity index (χ2v) is 5.68. The molecule has 0 bridgehead atoms. The molecule has 4 nitrogen and oxygen atoms in total. The fourth-order valence-corrected chi connectivity index (χ4v) is 3.39. The molecular weight excluding hydrogens is 238 g/mol. The minimum atomic E-state index is 0.419. The van der Waals surface area contributed by atoms with Gasteiger partial charge in [-0.15, -0.1) is 0 Å². The number of rotatable bonds is 2. The zero-order valence-corrected chi connectivity index (χ0v) is 11.5. The molecule has 2 unspecified atom stereocenters. The number of fused-ring (bicyclic) bond motifs is 1. The Morgan fingerprint density at radius 3 is 3.11 bits per heavy atom. The Morgan fingerprint density at radius 1 is 1.37 bits per heavy atom. The van der Waals surface area contributed by atoms with E-state index in [4.69, 9.17) is 0 Å². The summed E-state index contributed by atoms with van der Waals surface area (Å²) in [6, 6.07) is 4.73. The normalized spacial score (nSPS) is 27.9. The average molecular weight is 259 g/mol. The van der Waals surface area contributed by atoms with Crippen LogP contribution in [0.2, 0.25) is 0 Å². The number of carbonyl (C=O) groups is 1. The third-order valence-electron chi connectivity index (χ3n) is 4.40. The van der Waals surface area contributed by atoms with Gasteiger partial charge in [0.1, 0.15) is 5.82 Å². The summed E-state index contributed by atoms with van der Waals surface area (Å²) < 4.78 is 0. The second-order valence-electron chi connectivity index (χ2n) is 5.68. The molecule has 19 heavy (non-hydrogen) atoms. The summed E-state index contributed by atoms with van der Waals surface area (Å²) in [5.41, 5.74) is 0.707. The summed E-state index contributed by atoms with van der Waals surface area (Å²) in [5, 5.41) is 0. The average Bonchev–Trinajstić information content (AvgIpc) is 2.46. The van der Waals surface area contributed by atoms with E-state index in [1.807, 2.05) is 12.1 Å². The Morgan fingerprint density at radius 2 is 2.26 bits per heavy atom. The largest absolute Gasteiger partial charge is 0.350 e. The predicted octanol–water partition coefficient (Wildman–Crippen LogP) is 1.96. The summed E-state index contributed by atoms with van der Waals surface area (Å²) in [4.78, 5) is 20.5. The van der Waals surface area contributed by atoms with Crippen molar-refractivity contribution in [2.75, 3.05) is 24.5 Å². The molecule has 2 saturated heterocycles. The third-order valence-corrected chi connectivity index (χ3v) is 4.40. The Hall–Kier alpha value is -1.42. The second kappa shape index (κ2) is 5.29. The van der Waals surface area contributed by atoms with E-state index >= 15 is 0 Å². The van der Waals surface area contributed by atoms with Crippen molar-refractivity contribution in [2.45, 2.75) is 38.3 Å². The van der Waals surface area contributed by atoms with Crippen molar-refractivity contribution >= 4 is 12.1 Å². The zero-order chi connectivity index (χ0) is 13.2. The van der Waals surface area contributed by atoms with E-state index in [2.05, 4.69) is 21.7 Å². The first-order chi connectivity index (χ1) is 9.29. The number of aldehydes is 1. The maximum atomic E-state index is 11.2. The fraction of sp³-hybridized carbons (Fsp3) is 0.600. The minimum absolute atomic E-state index is 0.419. The van der Waals surface area contributed by atoms with E-state index in [1.165, 1.54) is 25.8 Å². The van der Waals surface area contributed by atoms with Crippen molar-refractivity contribution in [1.82, 2.24) is 9.88 Å². The van der Waals surface area contributed by atoms with Crippen LogP contribution in [0.15, 0.2) is 18.3 Å². The van der Waals surface area contributed by atoms with E-state index in [0.29, 0.717) is 17.6 Å². The first-order valence-electron chi connectivity index (χ1n) is 7.20. The summed E-state index contributed by atoms with van der Waals surface area (Å²) in [6.07, 6.45) is 6.62. The molecule has 0 aromatic carbocycles. The Bertz CT molecular complexity index is 462. The highest BCUT2D eigenvalue weighted by Crippen LogP contribution is 2.28. The number of nitrogens with zero attached hydrogens (tertiary/aromatic N) is 3. The standard InChI is InChI=1S/C15H21N3O/c1-12-9-17-8-3-2-6-14(17)10-18(12)15-13(11-19)5-4-7-16-15/h4-5,7,11-12,14H,2-3,6,8-10H2,1H3. The molecule has 0 spiro atoms. The van der Waals surface area contributed by atoms with Crippen LogP contribution < -0.4 is 4.90 Å². The van der Waals surface area contributed by atoms with Crippen LogP contribution in [-0.4, -0.2) is 47.9 Å². The van der Waals surface area contributed by atoms with Gasteiger partial charge in [0.15, 0.2) is 6.29 Å². The molecule has 1 aromatic heterocycles. The molecule has 1 aromatic rings. The van der Waals surface area contributed by atoms with Gasteiger partial charge in [-0.25, -0.2) is 4.98 Å². The Kier molecular flexibility index (Phi) is 3.51. The van der Waals surface area contributed by atoms with Crippen LogP contribution in [0.1, 0.15) is 36.5 Å². The maximum absolute atomic E-state index is 11.2. The van der Waals surface area contributed by atoms with Crippen molar-refractivity contribution in [1.29, 1.82) is 0 Å². The van der Waals surface area contributed by atoms with Gasteiger partial charge in [0.05, 0.1) is 5.56 Å². The molecule has 102 valence electrons. The molecule has 2 atom stereocenters. The number of hydrogen-bond donors (Lipinski definition) is 0. The van der Waals surface area contributed by atoms with Crippen molar-refractivity contribution in [2.24, 2.45) is 0 Å². The van der Waals surface area contributed by atoms with Gasteiger partial charge in [-0.05, 0) is 38.4 Å². The van der Waals surface area contributed by atoms with E-state index in [-0.39, 0.29) is 0 Å². The van der Waals surface area contributed by atoms with Crippen LogP contribution in [0.3, 0.4) is 0 Å². The van der Waals surface area contributed by atoms with Gasteiger partial charge in [-0.2, -0.15) is 0 Å². The molecule has 2 fully saturated rings. The van der Waals surface area contributed by atoms with Gasteiger partial charge in [0.25, 0.3) is 0 Å². The first kappa shape index (κ1) is 12.6. The molecule has 2 aliphatic rings. The van der Waals surface area contributed by atoms with Gasteiger partial charge in [0.2, 0.25) is 0 Å². The topological polar surface area (TPSA) is 36.4 Å². The third kappa shape index (κ3) is 2.37. The van der Waals surface area contributed by atoms with Crippen LogP contribution in [0, 0.1) is 0 Å². The number of piperidine rings is 1. The number of hydrogen-bond acceptors (Lipinski definition) is 4. The van der Waals surface area contributed by atoms with E-state index in [9.17, 15) is 4.79 Å². The summed E-state index contributed by atoms with van der Waals surface area (Å²) in [6.45, 7) is 5.54. The maximum Gasteiger partial charge on any atom is 0.153 e. The van der Waals surface area contributed by atoms with Crippen LogP contribution in [0.25, 0.3) is 0 Å². The first-order valence-corrected chi connectivity index (χ1v) is 7.20. The molecule has 3 heterocycles. The smallest absolute Gasteiger partial charge is 0.153 e. The number of piperazine rings is 1. The number of aromatic nitrogens is 1. The van der Waals surface area contributed by atoms with Gasteiger partial charge < -0.3 is 4.90 Å². The van der Waals surface area contributed by atoms with Crippen molar-refractivity contribution in [3.05, 3.63) is 23.9 Å². The zero-order valence-electron chi connectivity index (χ0n) is 11.5. The van der Waals surface area contributed by atoms with Gasteiger partial charge in [-0.1, -0.05) is 6.42 Å². The molecule has 0 aliphatic carbocycles. The molecule has 0 saturated carbocycles. The Labute approximate surface area is 114 Å².